The van der Waals surface area contributed by atoms with Crippen LogP contribution in [-0.4, -0.2) is 71.6 Å². The van der Waals surface area contributed by atoms with Gasteiger partial charge in [0, 0.05) is 23.3 Å². The minimum Gasteiger partial charge on any atom is -0.857 e. The van der Waals surface area contributed by atoms with Gasteiger partial charge in [0.05, 0.1) is 12.2 Å². The number of imidazole rings is 1. The van der Waals surface area contributed by atoms with Crippen LogP contribution in [-0.2, 0) is 25.8 Å². The van der Waals surface area contributed by atoms with Crippen molar-refractivity contribution in [1.82, 2.24) is 14.3 Å². The number of aromatic nitrogens is 3. The molecule has 18 heteroatoms. The van der Waals surface area contributed by atoms with Crippen LogP contribution in [0, 0.1) is 0 Å². The predicted molar refractivity (Wildman–Crippen MR) is 145 cm³/mol. The van der Waals surface area contributed by atoms with E-state index in [1.54, 1.807) is 0 Å². The second-order valence-corrected chi connectivity index (χ2v) is 12.2. The number of nitrogen functional groups attached to an aromatic ring is 1. The SMILES string of the molecule is CC(C)(O/N=C(/C([O-])=N[C@@H]1C(=O)N2C(C(=O)O)=C(C[n+]3ccn4ccccc43)CS[C@H]12)c1nc(N)sc1Cl)C(=O)[O-].[Na+]. The van der Waals surface area contributed by atoms with Gasteiger partial charge in [0.15, 0.2) is 16.8 Å². The Balaban J connectivity index is 0.00000405. The second kappa shape index (κ2) is 12.2. The van der Waals surface area contributed by atoms with Gasteiger partial charge in [0.25, 0.3) is 11.6 Å². The van der Waals surface area contributed by atoms with Gasteiger partial charge in [0.1, 0.15) is 45.8 Å². The quantitative estimate of drug-likeness (QED) is 0.0584. The molecule has 0 radical (unpaired) electrons. The molecule has 0 aromatic carbocycles. The first-order valence-corrected chi connectivity index (χ1v) is 14.1. The molecule has 2 aliphatic heterocycles. The predicted octanol–water partition coefficient (Wildman–Crippen LogP) is -3.75. The van der Waals surface area contributed by atoms with E-state index in [0.29, 0.717) is 5.57 Å². The van der Waals surface area contributed by atoms with E-state index in [2.05, 4.69) is 15.1 Å². The molecule has 214 valence electrons. The number of carboxylic acid groups (broad SMARTS) is 2. The summed E-state index contributed by atoms with van der Waals surface area (Å²) in [5, 5.41) is 37.5. The average molecular weight is 642 g/mol. The Hall–Kier alpha value is -3.15. The molecule has 0 unspecified atom stereocenters. The van der Waals surface area contributed by atoms with Crippen LogP contribution in [0.25, 0.3) is 5.65 Å². The van der Waals surface area contributed by atoms with Gasteiger partial charge in [-0.05, 0) is 19.9 Å². The number of aliphatic carboxylic acids is 2. The van der Waals surface area contributed by atoms with Crippen molar-refractivity contribution in [3.63, 3.8) is 0 Å². The number of hydrogen-bond acceptors (Lipinski definition) is 12. The van der Waals surface area contributed by atoms with Crippen LogP contribution in [0.5, 0.6) is 0 Å². The van der Waals surface area contributed by atoms with Crippen molar-refractivity contribution in [3.05, 3.63) is 58.1 Å². The molecule has 1 fully saturated rings. The van der Waals surface area contributed by atoms with Crippen LogP contribution in [0.2, 0.25) is 4.34 Å². The number of rotatable bonds is 9. The fourth-order valence-corrected chi connectivity index (χ4v) is 6.43. The number of fused-ring (bicyclic) bond motifs is 2. The van der Waals surface area contributed by atoms with Crippen LogP contribution < -0.4 is 50.1 Å². The van der Waals surface area contributed by atoms with Crippen LogP contribution in [0.3, 0.4) is 0 Å². The van der Waals surface area contributed by atoms with Gasteiger partial charge in [0.2, 0.25) is 0 Å². The van der Waals surface area contributed by atoms with Crippen molar-refractivity contribution in [2.24, 2.45) is 10.1 Å². The van der Waals surface area contributed by atoms with E-state index in [1.807, 2.05) is 45.8 Å². The summed E-state index contributed by atoms with van der Waals surface area (Å²) in [6.07, 6.45) is 5.51. The summed E-state index contributed by atoms with van der Waals surface area (Å²) in [5.41, 5.74) is 4.17. The Morgan fingerprint density at radius 3 is 2.71 bits per heavy atom. The number of carbonyl (C=O) groups excluding carboxylic acids is 2. The topological polar surface area (TPSA) is 202 Å². The largest absolute Gasteiger partial charge is 1.00 e. The Morgan fingerprint density at radius 2 is 2.07 bits per heavy atom. The van der Waals surface area contributed by atoms with Gasteiger partial charge in [-0.25, -0.2) is 18.7 Å². The van der Waals surface area contributed by atoms with Crippen molar-refractivity contribution >= 4 is 74.9 Å². The zero-order chi connectivity index (χ0) is 29.6. The summed E-state index contributed by atoms with van der Waals surface area (Å²) in [6, 6.07) is 4.38. The maximum absolute atomic E-state index is 13.2. The summed E-state index contributed by atoms with van der Waals surface area (Å²) in [5.74, 6) is -4.39. The van der Waals surface area contributed by atoms with Gasteiger partial charge in [-0.1, -0.05) is 34.2 Å². The number of thiazole rings is 1. The number of β-lactam (4-membered cyclic amide) rings is 1. The Bertz CT molecular complexity index is 1690. The summed E-state index contributed by atoms with van der Waals surface area (Å²) < 4.78 is 3.72. The molecule has 0 aliphatic carbocycles. The van der Waals surface area contributed by atoms with Crippen LogP contribution in [0.15, 0.2) is 58.2 Å². The van der Waals surface area contributed by atoms with Crippen molar-refractivity contribution in [3.8, 4) is 0 Å². The molecule has 1 amide bonds. The maximum atomic E-state index is 13.2. The van der Waals surface area contributed by atoms with E-state index in [0.717, 1.165) is 35.7 Å². The number of anilines is 1. The van der Waals surface area contributed by atoms with E-state index in [-0.39, 0.29) is 62.7 Å². The molecule has 2 aliphatic rings. The molecule has 3 N–H and O–H groups in total. The molecule has 3 aromatic rings. The first kappa shape index (κ1) is 31.8. The molecule has 14 nitrogen and oxygen atoms in total. The number of hydrogen-bond donors (Lipinski definition) is 2. The minimum absolute atomic E-state index is 0. The maximum Gasteiger partial charge on any atom is 1.00 e. The van der Waals surface area contributed by atoms with Crippen molar-refractivity contribution < 1.29 is 68.7 Å². The summed E-state index contributed by atoms with van der Waals surface area (Å²) in [4.78, 5) is 50.9. The normalized spacial score (nSPS) is 19.3. The number of oxime groups is 1. The van der Waals surface area contributed by atoms with Crippen molar-refractivity contribution in [2.75, 3.05) is 11.5 Å². The molecule has 5 rings (SSSR count). The fourth-order valence-electron chi connectivity index (χ4n) is 4.19. The Labute approximate surface area is 273 Å². The molecule has 42 heavy (non-hydrogen) atoms. The van der Waals surface area contributed by atoms with Crippen LogP contribution in [0.1, 0.15) is 19.5 Å². The number of carbonyl (C=O) groups is 3. The van der Waals surface area contributed by atoms with Crippen LogP contribution in [0.4, 0.5) is 5.13 Å². The zero-order valence-corrected chi connectivity index (χ0v) is 26.8. The van der Waals surface area contributed by atoms with Gasteiger partial charge >= 0.3 is 35.5 Å². The van der Waals surface area contributed by atoms with Gasteiger partial charge < -0.3 is 30.7 Å². The molecule has 5 heterocycles. The third-order valence-electron chi connectivity index (χ3n) is 6.29. The molecular weight excluding hydrogens is 621 g/mol. The first-order chi connectivity index (χ1) is 19.4. The molecule has 0 spiro atoms. The number of aliphatic imine (C=N–C) groups is 1. The molecule has 2 atom stereocenters. The molecule has 0 bridgehead atoms. The Morgan fingerprint density at radius 1 is 1.33 bits per heavy atom. The van der Waals surface area contributed by atoms with Gasteiger partial charge in [-0.15, -0.1) is 11.8 Å². The number of nitrogens with two attached hydrogens (primary N) is 1. The third kappa shape index (κ3) is 5.87. The average Bonchev–Trinajstić information content (AvgIpc) is 3.48. The van der Waals surface area contributed by atoms with Crippen molar-refractivity contribution in [1.29, 1.82) is 0 Å². The first-order valence-electron chi connectivity index (χ1n) is 11.9. The number of nitrogens with zero attached hydrogens (tertiary/aromatic N) is 6. The molecular formula is C24H21ClN7NaO7S2. The minimum atomic E-state index is -1.93. The monoisotopic (exact) mass is 641 g/mol. The molecule has 0 saturated carbocycles. The zero-order valence-electron chi connectivity index (χ0n) is 22.4. The Kier molecular flexibility index (Phi) is 9.25. The summed E-state index contributed by atoms with van der Waals surface area (Å²) in [7, 11) is 0. The van der Waals surface area contributed by atoms with E-state index < -0.39 is 46.5 Å². The van der Waals surface area contributed by atoms with E-state index in [1.165, 1.54) is 11.8 Å². The number of thioether (sulfide) groups is 1. The fraction of sp³-hybridized carbons (Fsp3) is 0.292. The molecule has 1 saturated heterocycles. The number of carboxylic acids is 2. The third-order valence-corrected chi connectivity index (χ3v) is 8.70. The number of halogens is 1. The van der Waals surface area contributed by atoms with E-state index in [9.17, 15) is 29.7 Å². The van der Waals surface area contributed by atoms with E-state index >= 15 is 0 Å². The summed E-state index contributed by atoms with van der Waals surface area (Å²) >= 11 is 8.25. The van der Waals surface area contributed by atoms with Gasteiger partial charge in [-0.3, -0.25) is 14.7 Å². The summed E-state index contributed by atoms with van der Waals surface area (Å²) in [6.45, 7) is 2.54. The standard InChI is InChI=1S/C24H22ClN7O7S2.Na/c1-24(2,22(37)38)39-29-14(13-17(25)41-23(26)28-13)18(33)27-15-19(34)32-16(21(35)36)11(10-40-20(15)32)9-31-8-7-30-6-4-3-5-12(30)31;/h3-8,15,20H,9-10H2,1-2H3,(H4-,26,27,28,33,35,36,37,38);/q;+1/p-1/b29-14+;/t15-,20-;/m1./s1. The molecule has 3 aromatic heterocycles. The number of pyridine rings is 1. The smallest absolute Gasteiger partial charge is 0.857 e. The van der Waals surface area contributed by atoms with Crippen molar-refractivity contribution in [2.45, 2.75) is 37.4 Å². The van der Waals surface area contributed by atoms with E-state index in [4.69, 9.17) is 22.2 Å². The number of amides is 1. The van der Waals surface area contributed by atoms with Crippen LogP contribution >= 0.6 is 34.7 Å². The second-order valence-electron chi connectivity index (χ2n) is 9.44. The van der Waals surface area contributed by atoms with Gasteiger partial charge in [-0.2, -0.15) is 0 Å².